The Labute approximate surface area is 98.5 Å². The molecule has 0 atom stereocenters. The van der Waals surface area contributed by atoms with E-state index in [1.165, 1.54) is 31.2 Å². The van der Waals surface area contributed by atoms with Crippen molar-refractivity contribution in [2.45, 2.75) is 45.2 Å². The normalized spacial score (nSPS) is 15.6. The van der Waals surface area contributed by atoms with E-state index in [4.69, 9.17) is 5.73 Å². The fraction of sp³-hybridized carbons (Fsp3) is 0.615. The SMILES string of the molecule is CCNCc1ccncc1.NC1CCCC1. The molecule has 0 amide bonds. The zero-order valence-electron chi connectivity index (χ0n) is 10.2. The first-order chi connectivity index (χ1) is 7.83. The van der Waals surface area contributed by atoms with E-state index in [-0.39, 0.29) is 0 Å². The van der Waals surface area contributed by atoms with Crippen LogP contribution in [0.3, 0.4) is 0 Å². The van der Waals surface area contributed by atoms with Crippen molar-refractivity contribution in [3.8, 4) is 0 Å². The first-order valence-corrected chi connectivity index (χ1v) is 6.18. The summed E-state index contributed by atoms with van der Waals surface area (Å²) in [5.74, 6) is 0. The van der Waals surface area contributed by atoms with E-state index >= 15 is 0 Å². The van der Waals surface area contributed by atoms with Gasteiger partial charge in [-0.05, 0) is 37.1 Å². The van der Waals surface area contributed by atoms with Gasteiger partial charge in [-0.1, -0.05) is 19.8 Å². The van der Waals surface area contributed by atoms with E-state index in [0.717, 1.165) is 13.1 Å². The highest BCUT2D eigenvalue weighted by molar-refractivity contribution is 5.08. The molecule has 0 aliphatic heterocycles. The highest BCUT2D eigenvalue weighted by atomic mass is 14.8. The zero-order valence-corrected chi connectivity index (χ0v) is 10.2. The number of nitrogens with two attached hydrogens (primary N) is 1. The zero-order chi connectivity index (χ0) is 11.6. The molecule has 0 radical (unpaired) electrons. The van der Waals surface area contributed by atoms with E-state index in [2.05, 4.69) is 17.2 Å². The molecule has 0 saturated heterocycles. The molecule has 0 unspecified atom stereocenters. The van der Waals surface area contributed by atoms with Crippen LogP contribution in [0.1, 0.15) is 38.2 Å². The summed E-state index contributed by atoms with van der Waals surface area (Å²) < 4.78 is 0. The average Bonchev–Trinajstić information content (AvgIpc) is 2.80. The molecule has 3 heteroatoms. The molecule has 3 nitrogen and oxygen atoms in total. The van der Waals surface area contributed by atoms with Gasteiger partial charge in [0.25, 0.3) is 0 Å². The molecule has 90 valence electrons. The van der Waals surface area contributed by atoms with Crippen LogP contribution in [-0.4, -0.2) is 17.6 Å². The molecule has 2 rings (SSSR count). The molecular weight excluding hydrogens is 198 g/mol. The van der Waals surface area contributed by atoms with Gasteiger partial charge in [-0.2, -0.15) is 0 Å². The van der Waals surface area contributed by atoms with Gasteiger partial charge in [0.2, 0.25) is 0 Å². The number of hydrogen-bond acceptors (Lipinski definition) is 3. The lowest BCUT2D eigenvalue weighted by molar-refractivity contribution is 0.704. The second-order valence-electron chi connectivity index (χ2n) is 4.18. The number of rotatable bonds is 3. The molecule has 16 heavy (non-hydrogen) atoms. The van der Waals surface area contributed by atoms with E-state index in [9.17, 15) is 0 Å². The van der Waals surface area contributed by atoms with Gasteiger partial charge in [-0.25, -0.2) is 0 Å². The van der Waals surface area contributed by atoms with Crippen molar-refractivity contribution >= 4 is 0 Å². The minimum absolute atomic E-state index is 0.546. The summed E-state index contributed by atoms with van der Waals surface area (Å²) in [7, 11) is 0. The topological polar surface area (TPSA) is 50.9 Å². The van der Waals surface area contributed by atoms with E-state index < -0.39 is 0 Å². The lowest BCUT2D eigenvalue weighted by atomic mass is 10.3. The second-order valence-corrected chi connectivity index (χ2v) is 4.18. The summed E-state index contributed by atoms with van der Waals surface area (Å²) in [5, 5.41) is 3.24. The van der Waals surface area contributed by atoms with E-state index in [1.54, 1.807) is 0 Å². The van der Waals surface area contributed by atoms with Gasteiger partial charge in [0.1, 0.15) is 0 Å². The predicted molar refractivity (Wildman–Crippen MR) is 68.1 cm³/mol. The first kappa shape index (κ1) is 13.1. The number of pyridine rings is 1. The third kappa shape index (κ3) is 5.83. The molecule has 1 heterocycles. The third-order valence-corrected chi connectivity index (χ3v) is 2.73. The second kappa shape index (κ2) is 8.25. The van der Waals surface area contributed by atoms with Crippen molar-refractivity contribution in [1.29, 1.82) is 0 Å². The Hall–Kier alpha value is -0.930. The Morgan fingerprint density at radius 2 is 1.94 bits per heavy atom. The Morgan fingerprint density at radius 1 is 1.31 bits per heavy atom. The minimum atomic E-state index is 0.546. The fourth-order valence-corrected chi connectivity index (χ4v) is 1.73. The molecule has 1 aromatic rings. The summed E-state index contributed by atoms with van der Waals surface area (Å²) in [5.41, 5.74) is 6.82. The molecule has 0 bridgehead atoms. The Kier molecular flexibility index (Phi) is 6.77. The Bertz CT molecular complexity index is 255. The van der Waals surface area contributed by atoms with Crippen molar-refractivity contribution in [2.75, 3.05) is 6.54 Å². The van der Waals surface area contributed by atoms with Gasteiger partial charge in [0, 0.05) is 25.0 Å². The van der Waals surface area contributed by atoms with Crippen LogP contribution in [0.15, 0.2) is 24.5 Å². The quantitative estimate of drug-likeness (QED) is 0.821. The van der Waals surface area contributed by atoms with Crippen molar-refractivity contribution in [3.63, 3.8) is 0 Å². The molecule has 1 fully saturated rings. The smallest absolute Gasteiger partial charge is 0.0271 e. The molecule has 1 aromatic heterocycles. The Balaban J connectivity index is 0.000000181. The first-order valence-electron chi connectivity index (χ1n) is 6.18. The molecule has 1 saturated carbocycles. The molecule has 1 aliphatic carbocycles. The highest BCUT2D eigenvalue weighted by Gasteiger charge is 2.07. The van der Waals surface area contributed by atoms with Crippen LogP contribution >= 0.6 is 0 Å². The number of nitrogens with one attached hydrogen (secondary N) is 1. The van der Waals surface area contributed by atoms with Crippen LogP contribution in [0, 0.1) is 0 Å². The fourth-order valence-electron chi connectivity index (χ4n) is 1.73. The van der Waals surface area contributed by atoms with Gasteiger partial charge < -0.3 is 11.1 Å². The number of hydrogen-bond donors (Lipinski definition) is 2. The third-order valence-electron chi connectivity index (χ3n) is 2.73. The van der Waals surface area contributed by atoms with Gasteiger partial charge in [0.15, 0.2) is 0 Å². The van der Waals surface area contributed by atoms with Crippen LogP contribution in [0.4, 0.5) is 0 Å². The summed E-state index contributed by atoms with van der Waals surface area (Å²) in [6.45, 7) is 4.06. The minimum Gasteiger partial charge on any atom is -0.328 e. The van der Waals surface area contributed by atoms with E-state index in [0.29, 0.717) is 6.04 Å². The highest BCUT2D eigenvalue weighted by Crippen LogP contribution is 2.14. The van der Waals surface area contributed by atoms with Crippen LogP contribution in [0.25, 0.3) is 0 Å². The van der Waals surface area contributed by atoms with Crippen molar-refractivity contribution in [2.24, 2.45) is 5.73 Å². The number of nitrogens with zero attached hydrogens (tertiary/aromatic N) is 1. The standard InChI is InChI=1S/C8H12N2.C5H11N/c1-2-9-7-8-3-5-10-6-4-8;6-5-3-1-2-4-5/h3-6,9H,2,7H2,1H3;5H,1-4,6H2. The van der Waals surface area contributed by atoms with Gasteiger partial charge in [-0.15, -0.1) is 0 Å². The largest absolute Gasteiger partial charge is 0.328 e. The lowest BCUT2D eigenvalue weighted by Gasteiger charge is -1.98. The summed E-state index contributed by atoms with van der Waals surface area (Å²) >= 11 is 0. The van der Waals surface area contributed by atoms with Crippen molar-refractivity contribution in [3.05, 3.63) is 30.1 Å². The van der Waals surface area contributed by atoms with Gasteiger partial charge in [0.05, 0.1) is 0 Å². The maximum atomic E-state index is 5.53. The molecule has 0 aromatic carbocycles. The number of aromatic nitrogens is 1. The van der Waals surface area contributed by atoms with E-state index in [1.807, 2.05) is 24.5 Å². The average molecular weight is 221 g/mol. The van der Waals surface area contributed by atoms with Gasteiger partial charge >= 0.3 is 0 Å². The van der Waals surface area contributed by atoms with Crippen LogP contribution in [-0.2, 0) is 6.54 Å². The predicted octanol–water partition coefficient (Wildman–Crippen LogP) is 2.08. The lowest BCUT2D eigenvalue weighted by Crippen LogP contribution is -2.13. The van der Waals surface area contributed by atoms with Crippen LogP contribution in [0.5, 0.6) is 0 Å². The summed E-state index contributed by atoms with van der Waals surface area (Å²) in [4.78, 5) is 3.93. The molecular formula is C13H23N3. The molecule has 1 aliphatic rings. The van der Waals surface area contributed by atoms with Crippen LogP contribution in [0.2, 0.25) is 0 Å². The summed E-state index contributed by atoms with van der Waals surface area (Å²) in [6.07, 6.45) is 8.88. The molecule has 0 spiro atoms. The van der Waals surface area contributed by atoms with Crippen molar-refractivity contribution in [1.82, 2.24) is 10.3 Å². The monoisotopic (exact) mass is 221 g/mol. The Morgan fingerprint density at radius 3 is 2.38 bits per heavy atom. The maximum Gasteiger partial charge on any atom is 0.0271 e. The van der Waals surface area contributed by atoms with Gasteiger partial charge in [-0.3, -0.25) is 4.98 Å². The maximum absolute atomic E-state index is 5.53. The van der Waals surface area contributed by atoms with Crippen LogP contribution < -0.4 is 11.1 Å². The van der Waals surface area contributed by atoms with Crippen molar-refractivity contribution < 1.29 is 0 Å². The summed E-state index contributed by atoms with van der Waals surface area (Å²) in [6, 6.07) is 4.58. The molecule has 3 N–H and O–H groups in total.